The molecule has 0 aromatic carbocycles. The molecule has 80 valence electrons. The van der Waals surface area contributed by atoms with Gasteiger partial charge in [-0.3, -0.25) is 0 Å². The molecule has 1 aromatic heterocycles. The van der Waals surface area contributed by atoms with Crippen molar-refractivity contribution in [2.75, 3.05) is 13.2 Å². The van der Waals surface area contributed by atoms with E-state index in [0.717, 1.165) is 10.7 Å². The number of aryl methyl sites for hydroxylation is 1. The molecule has 0 aliphatic rings. The molecule has 0 aliphatic heterocycles. The molecule has 0 atom stereocenters. The van der Waals surface area contributed by atoms with E-state index in [2.05, 4.69) is 10.3 Å². The van der Waals surface area contributed by atoms with Gasteiger partial charge in [-0.2, -0.15) is 0 Å². The van der Waals surface area contributed by atoms with Crippen LogP contribution in [0.4, 0.5) is 0 Å². The summed E-state index contributed by atoms with van der Waals surface area (Å²) in [5.74, 6) is 0. The average molecular weight is 216 g/mol. The molecule has 3 N–H and O–H groups in total. The highest BCUT2D eigenvalue weighted by molar-refractivity contribution is 7.09. The first kappa shape index (κ1) is 11.6. The molecule has 0 aliphatic carbocycles. The zero-order valence-corrected chi connectivity index (χ0v) is 9.27. The fourth-order valence-corrected chi connectivity index (χ4v) is 1.65. The Morgan fingerprint density at radius 3 is 2.57 bits per heavy atom. The predicted molar refractivity (Wildman–Crippen MR) is 56.3 cm³/mol. The van der Waals surface area contributed by atoms with Crippen LogP contribution in [0.2, 0.25) is 0 Å². The molecular weight excluding hydrogens is 200 g/mol. The standard InChI is InChI=1S/C9H16N2O2S/c1-7-4-14-8(11-7)3-10-9(2,5-12)6-13/h4,10,12-13H,3,5-6H2,1-2H3. The third-order valence-corrected chi connectivity index (χ3v) is 3.00. The fourth-order valence-electron chi connectivity index (χ4n) is 0.935. The maximum atomic E-state index is 9.03. The lowest BCUT2D eigenvalue weighted by molar-refractivity contribution is 0.103. The molecule has 1 heterocycles. The SMILES string of the molecule is Cc1csc(CNC(C)(CO)CO)n1. The van der Waals surface area contributed by atoms with Gasteiger partial charge in [0.2, 0.25) is 0 Å². The Kier molecular flexibility index (Phi) is 4.00. The smallest absolute Gasteiger partial charge is 0.107 e. The maximum absolute atomic E-state index is 9.03. The van der Waals surface area contributed by atoms with E-state index in [1.165, 1.54) is 0 Å². The Bertz CT molecular complexity index is 284. The van der Waals surface area contributed by atoms with E-state index in [4.69, 9.17) is 10.2 Å². The van der Waals surface area contributed by atoms with Crippen LogP contribution in [0.25, 0.3) is 0 Å². The van der Waals surface area contributed by atoms with Crippen molar-refractivity contribution in [3.05, 3.63) is 16.1 Å². The van der Waals surface area contributed by atoms with Crippen LogP contribution in [-0.2, 0) is 6.54 Å². The molecule has 1 rings (SSSR count). The molecule has 0 saturated heterocycles. The topological polar surface area (TPSA) is 65.4 Å². The summed E-state index contributed by atoms with van der Waals surface area (Å²) in [5.41, 5.74) is 0.376. The fraction of sp³-hybridized carbons (Fsp3) is 0.667. The van der Waals surface area contributed by atoms with Gasteiger partial charge in [0.05, 0.1) is 18.8 Å². The van der Waals surface area contributed by atoms with Crippen molar-refractivity contribution in [3.63, 3.8) is 0 Å². The number of hydrogen-bond donors (Lipinski definition) is 3. The Morgan fingerprint density at radius 1 is 1.50 bits per heavy atom. The first-order chi connectivity index (χ1) is 6.59. The van der Waals surface area contributed by atoms with Crippen molar-refractivity contribution in [2.45, 2.75) is 25.9 Å². The Hall–Kier alpha value is -0.490. The number of thiazole rings is 1. The van der Waals surface area contributed by atoms with Crippen molar-refractivity contribution in [3.8, 4) is 0 Å². The Morgan fingerprint density at radius 2 is 2.14 bits per heavy atom. The van der Waals surface area contributed by atoms with Gasteiger partial charge in [0.1, 0.15) is 5.01 Å². The van der Waals surface area contributed by atoms with Gasteiger partial charge < -0.3 is 15.5 Å². The minimum Gasteiger partial charge on any atom is -0.394 e. The van der Waals surface area contributed by atoms with Crippen LogP contribution in [-0.4, -0.2) is 33.9 Å². The summed E-state index contributed by atoms with van der Waals surface area (Å²) < 4.78 is 0. The Labute approximate surface area is 87.6 Å². The largest absolute Gasteiger partial charge is 0.394 e. The van der Waals surface area contributed by atoms with Crippen LogP contribution >= 0.6 is 11.3 Å². The summed E-state index contributed by atoms with van der Waals surface area (Å²) >= 11 is 1.57. The second-order valence-electron chi connectivity index (χ2n) is 3.61. The lowest BCUT2D eigenvalue weighted by atomic mass is 10.1. The summed E-state index contributed by atoms with van der Waals surface area (Å²) in [4.78, 5) is 4.28. The quantitative estimate of drug-likeness (QED) is 0.661. The number of aliphatic hydroxyl groups is 2. The summed E-state index contributed by atoms with van der Waals surface area (Å²) in [6.07, 6.45) is 0. The molecule has 1 aromatic rings. The van der Waals surface area contributed by atoms with Crippen LogP contribution in [0.5, 0.6) is 0 Å². The number of hydrogen-bond acceptors (Lipinski definition) is 5. The molecule has 4 nitrogen and oxygen atoms in total. The van der Waals surface area contributed by atoms with E-state index >= 15 is 0 Å². The highest BCUT2D eigenvalue weighted by Crippen LogP contribution is 2.10. The van der Waals surface area contributed by atoms with Gasteiger partial charge in [-0.15, -0.1) is 11.3 Å². The van der Waals surface area contributed by atoms with Gasteiger partial charge in [0.15, 0.2) is 0 Å². The predicted octanol–water partition coefficient (Wildman–Crippen LogP) is 0.284. The van der Waals surface area contributed by atoms with E-state index < -0.39 is 5.54 Å². The van der Waals surface area contributed by atoms with Gasteiger partial charge in [-0.25, -0.2) is 4.98 Å². The molecule has 0 bridgehead atoms. The van der Waals surface area contributed by atoms with E-state index in [-0.39, 0.29) is 13.2 Å². The van der Waals surface area contributed by atoms with Crippen molar-refractivity contribution < 1.29 is 10.2 Å². The molecular formula is C9H16N2O2S. The van der Waals surface area contributed by atoms with Crippen molar-refractivity contribution >= 4 is 11.3 Å². The third-order valence-electron chi connectivity index (χ3n) is 2.03. The maximum Gasteiger partial charge on any atom is 0.107 e. The highest BCUT2D eigenvalue weighted by Gasteiger charge is 2.21. The molecule has 0 fully saturated rings. The van der Waals surface area contributed by atoms with Gasteiger partial charge in [0.25, 0.3) is 0 Å². The van der Waals surface area contributed by atoms with Crippen molar-refractivity contribution in [1.29, 1.82) is 0 Å². The summed E-state index contributed by atoms with van der Waals surface area (Å²) in [6.45, 7) is 4.11. The average Bonchev–Trinajstić information content (AvgIpc) is 2.61. The lowest BCUT2D eigenvalue weighted by Gasteiger charge is -2.25. The van der Waals surface area contributed by atoms with Crippen molar-refractivity contribution in [2.24, 2.45) is 0 Å². The zero-order valence-electron chi connectivity index (χ0n) is 8.45. The monoisotopic (exact) mass is 216 g/mol. The number of aromatic nitrogens is 1. The van der Waals surface area contributed by atoms with Crippen LogP contribution < -0.4 is 5.32 Å². The number of rotatable bonds is 5. The molecule has 5 heteroatoms. The van der Waals surface area contributed by atoms with Gasteiger partial charge in [-0.1, -0.05) is 0 Å². The molecule has 0 spiro atoms. The van der Waals surface area contributed by atoms with Crippen LogP contribution in [0, 0.1) is 6.92 Å². The highest BCUT2D eigenvalue weighted by atomic mass is 32.1. The Balaban J connectivity index is 2.47. The molecule has 14 heavy (non-hydrogen) atoms. The minimum absolute atomic E-state index is 0.0894. The summed E-state index contributed by atoms with van der Waals surface area (Å²) in [5, 5.41) is 24.1. The third kappa shape index (κ3) is 3.02. The molecule has 0 radical (unpaired) electrons. The van der Waals surface area contributed by atoms with Crippen LogP contribution in [0.1, 0.15) is 17.6 Å². The first-order valence-corrected chi connectivity index (χ1v) is 5.35. The summed E-state index contributed by atoms with van der Waals surface area (Å²) in [7, 11) is 0. The van der Waals surface area contributed by atoms with Gasteiger partial charge in [-0.05, 0) is 13.8 Å². The zero-order chi connectivity index (χ0) is 10.6. The second kappa shape index (κ2) is 4.84. The molecule has 0 unspecified atom stereocenters. The minimum atomic E-state index is -0.625. The van der Waals surface area contributed by atoms with Crippen molar-refractivity contribution in [1.82, 2.24) is 10.3 Å². The van der Waals surface area contributed by atoms with E-state index in [9.17, 15) is 0 Å². The van der Waals surface area contributed by atoms with Crippen LogP contribution in [0.15, 0.2) is 5.38 Å². The number of nitrogens with one attached hydrogen (secondary N) is 1. The van der Waals surface area contributed by atoms with E-state index in [1.54, 1.807) is 18.3 Å². The molecule has 0 amide bonds. The van der Waals surface area contributed by atoms with Gasteiger partial charge in [0, 0.05) is 17.6 Å². The van der Waals surface area contributed by atoms with Gasteiger partial charge >= 0.3 is 0 Å². The van der Waals surface area contributed by atoms with E-state index in [0.29, 0.717) is 6.54 Å². The van der Waals surface area contributed by atoms with Crippen LogP contribution in [0.3, 0.4) is 0 Å². The first-order valence-electron chi connectivity index (χ1n) is 4.47. The number of aliphatic hydroxyl groups excluding tert-OH is 2. The second-order valence-corrected chi connectivity index (χ2v) is 4.56. The lowest BCUT2D eigenvalue weighted by Crippen LogP contribution is -2.48. The van der Waals surface area contributed by atoms with E-state index in [1.807, 2.05) is 12.3 Å². The summed E-state index contributed by atoms with van der Waals surface area (Å²) in [6, 6.07) is 0. The number of nitrogens with zero attached hydrogens (tertiary/aromatic N) is 1. The normalized spacial score (nSPS) is 12.0. The molecule has 0 saturated carbocycles.